The summed E-state index contributed by atoms with van der Waals surface area (Å²) in [5.74, 6) is 0.917. The number of nitrogens with one attached hydrogen (secondary N) is 2. The van der Waals surface area contributed by atoms with Crippen molar-refractivity contribution >= 4 is 5.69 Å². The van der Waals surface area contributed by atoms with E-state index < -0.39 is 0 Å². The highest BCUT2D eigenvalue weighted by atomic mass is 16.5. The Kier molecular flexibility index (Phi) is 5.55. The van der Waals surface area contributed by atoms with Crippen molar-refractivity contribution in [1.82, 2.24) is 15.5 Å². The van der Waals surface area contributed by atoms with Gasteiger partial charge >= 0.3 is 0 Å². The van der Waals surface area contributed by atoms with E-state index in [0.29, 0.717) is 12.6 Å². The summed E-state index contributed by atoms with van der Waals surface area (Å²) in [5.41, 5.74) is 4.44. The zero-order valence-corrected chi connectivity index (χ0v) is 15.6. The number of H-pyrrole nitrogens is 1. The third-order valence-corrected chi connectivity index (χ3v) is 5.07. The Morgan fingerprint density at radius 3 is 2.89 bits per heavy atom. The highest BCUT2D eigenvalue weighted by molar-refractivity contribution is 5.64. The first-order valence-electron chi connectivity index (χ1n) is 9.46. The molecule has 0 atom stereocenters. The maximum absolute atomic E-state index is 5.53. The molecule has 1 aromatic carbocycles. The molecule has 0 amide bonds. The Morgan fingerprint density at radius 1 is 1.22 bits per heavy atom. The van der Waals surface area contributed by atoms with Crippen molar-refractivity contribution in [3.63, 3.8) is 0 Å². The number of benzene rings is 1. The van der Waals surface area contributed by atoms with Crippen molar-refractivity contribution < 1.29 is 9.15 Å². The number of hydrogen-bond acceptors (Lipinski definition) is 5. The number of rotatable bonds is 7. The van der Waals surface area contributed by atoms with Crippen LogP contribution in [0, 0.1) is 0 Å². The lowest BCUT2D eigenvalue weighted by Gasteiger charge is -2.34. The zero-order valence-electron chi connectivity index (χ0n) is 15.6. The highest BCUT2D eigenvalue weighted by Gasteiger charge is 2.19. The summed E-state index contributed by atoms with van der Waals surface area (Å²) in [5, 5.41) is 11.0. The summed E-state index contributed by atoms with van der Waals surface area (Å²) >= 11 is 0. The highest BCUT2D eigenvalue weighted by Crippen LogP contribution is 2.27. The van der Waals surface area contributed by atoms with Crippen LogP contribution < -0.4 is 10.2 Å². The fourth-order valence-electron chi connectivity index (χ4n) is 3.62. The van der Waals surface area contributed by atoms with Crippen LogP contribution in [0.1, 0.15) is 24.2 Å². The molecule has 4 rings (SSSR count). The summed E-state index contributed by atoms with van der Waals surface area (Å²) in [6.45, 7) is 3.46. The van der Waals surface area contributed by atoms with Gasteiger partial charge in [-0.25, -0.2) is 0 Å². The van der Waals surface area contributed by atoms with Crippen molar-refractivity contribution in [3.8, 4) is 11.3 Å². The first kappa shape index (κ1) is 17.8. The number of nitrogens with zero attached hydrogens (tertiary/aromatic N) is 2. The average Bonchev–Trinajstić information content (AvgIpc) is 3.40. The van der Waals surface area contributed by atoms with E-state index in [9.17, 15) is 0 Å². The summed E-state index contributed by atoms with van der Waals surface area (Å²) in [6, 6.07) is 15.1. The molecular formula is C21H26N4O2. The first-order valence-corrected chi connectivity index (χ1v) is 9.46. The summed E-state index contributed by atoms with van der Waals surface area (Å²) in [6.07, 6.45) is 3.97. The lowest BCUT2D eigenvalue weighted by Crippen LogP contribution is -2.42. The Morgan fingerprint density at radius 2 is 2.11 bits per heavy atom. The van der Waals surface area contributed by atoms with Gasteiger partial charge in [0.05, 0.1) is 24.3 Å². The standard InChI is InChI=1S/C21H26N4O2/c1-26-15-19-13-18(23-24-19)14-22-17-7-9-25(10-8-17)20-5-2-4-16(12-20)21-6-3-11-27-21/h2-6,11-13,17,22H,7-10,14-15H2,1H3,(H,23,24). The first-order chi connectivity index (χ1) is 13.3. The number of anilines is 1. The van der Waals surface area contributed by atoms with Gasteiger partial charge in [-0.1, -0.05) is 12.1 Å². The van der Waals surface area contributed by atoms with Gasteiger partial charge in [0.2, 0.25) is 0 Å². The van der Waals surface area contributed by atoms with Crippen molar-refractivity contribution in [3.05, 3.63) is 60.1 Å². The van der Waals surface area contributed by atoms with E-state index in [1.807, 2.05) is 12.1 Å². The molecule has 3 aromatic rings. The third-order valence-electron chi connectivity index (χ3n) is 5.07. The molecule has 2 aromatic heterocycles. The largest absolute Gasteiger partial charge is 0.464 e. The number of hydrogen-bond donors (Lipinski definition) is 2. The van der Waals surface area contributed by atoms with Gasteiger partial charge in [-0.15, -0.1) is 0 Å². The van der Waals surface area contributed by atoms with Gasteiger partial charge in [-0.2, -0.15) is 5.10 Å². The van der Waals surface area contributed by atoms with E-state index in [-0.39, 0.29) is 0 Å². The number of aromatic amines is 1. The van der Waals surface area contributed by atoms with E-state index in [1.165, 1.54) is 5.69 Å². The van der Waals surface area contributed by atoms with Crippen molar-refractivity contribution in [1.29, 1.82) is 0 Å². The van der Waals surface area contributed by atoms with E-state index in [2.05, 4.69) is 50.7 Å². The summed E-state index contributed by atoms with van der Waals surface area (Å²) < 4.78 is 10.6. The summed E-state index contributed by atoms with van der Waals surface area (Å²) in [4.78, 5) is 2.45. The van der Waals surface area contributed by atoms with E-state index in [0.717, 1.165) is 55.2 Å². The quantitative estimate of drug-likeness (QED) is 0.669. The molecule has 1 saturated heterocycles. The van der Waals surface area contributed by atoms with Crippen LogP contribution in [-0.4, -0.2) is 36.4 Å². The molecular weight excluding hydrogens is 340 g/mol. The molecule has 1 fully saturated rings. The molecule has 0 radical (unpaired) electrons. The van der Waals surface area contributed by atoms with Gasteiger partial charge in [0.15, 0.2) is 0 Å². The van der Waals surface area contributed by atoms with Crippen LogP contribution in [0.4, 0.5) is 5.69 Å². The van der Waals surface area contributed by atoms with Crippen molar-refractivity contribution in [2.45, 2.75) is 32.0 Å². The molecule has 27 heavy (non-hydrogen) atoms. The number of ether oxygens (including phenoxy) is 1. The molecule has 1 aliphatic rings. The predicted octanol–water partition coefficient (Wildman–Crippen LogP) is 3.57. The maximum Gasteiger partial charge on any atom is 0.133 e. The number of piperidine rings is 1. The molecule has 0 bridgehead atoms. The van der Waals surface area contributed by atoms with Gasteiger partial charge in [0.25, 0.3) is 0 Å². The van der Waals surface area contributed by atoms with Gasteiger partial charge in [-0.05, 0) is 43.2 Å². The molecule has 2 N–H and O–H groups in total. The molecule has 0 spiro atoms. The fraction of sp³-hybridized carbons (Fsp3) is 0.381. The van der Waals surface area contributed by atoms with E-state index in [4.69, 9.17) is 9.15 Å². The second-order valence-corrected chi connectivity index (χ2v) is 6.99. The molecule has 6 nitrogen and oxygen atoms in total. The SMILES string of the molecule is COCc1cc(CNC2CCN(c3cccc(-c4ccco4)c3)CC2)n[nH]1. The lowest BCUT2D eigenvalue weighted by atomic mass is 10.0. The van der Waals surface area contributed by atoms with Crippen molar-refractivity contribution in [2.24, 2.45) is 0 Å². The molecule has 0 saturated carbocycles. The number of methoxy groups -OCH3 is 1. The molecule has 0 unspecified atom stereocenters. The van der Waals surface area contributed by atoms with Gasteiger partial charge in [0, 0.05) is 44.0 Å². The predicted molar refractivity (Wildman–Crippen MR) is 106 cm³/mol. The topological polar surface area (TPSA) is 66.3 Å². The van der Waals surface area contributed by atoms with Crippen LogP contribution in [0.2, 0.25) is 0 Å². The zero-order chi connectivity index (χ0) is 18.5. The maximum atomic E-state index is 5.53. The second-order valence-electron chi connectivity index (χ2n) is 6.99. The lowest BCUT2D eigenvalue weighted by molar-refractivity contribution is 0.181. The van der Waals surface area contributed by atoms with Crippen LogP contribution >= 0.6 is 0 Å². The number of aromatic nitrogens is 2. The normalized spacial score (nSPS) is 15.4. The van der Waals surface area contributed by atoms with E-state index >= 15 is 0 Å². The van der Waals surface area contributed by atoms with Gasteiger partial charge in [0.1, 0.15) is 5.76 Å². The Labute approximate surface area is 159 Å². The van der Waals surface area contributed by atoms with Crippen LogP contribution in [0.25, 0.3) is 11.3 Å². The monoisotopic (exact) mass is 366 g/mol. The van der Waals surface area contributed by atoms with Crippen LogP contribution in [0.15, 0.2) is 53.1 Å². The molecule has 1 aliphatic heterocycles. The minimum absolute atomic E-state index is 0.525. The molecule has 0 aliphatic carbocycles. The van der Waals surface area contributed by atoms with Crippen LogP contribution in [-0.2, 0) is 17.9 Å². The smallest absolute Gasteiger partial charge is 0.133 e. The molecule has 6 heteroatoms. The van der Waals surface area contributed by atoms with Crippen molar-refractivity contribution in [2.75, 3.05) is 25.1 Å². The fourth-order valence-corrected chi connectivity index (χ4v) is 3.62. The van der Waals surface area contributed by atoms with Gasteiger partial charge < -0.3 is 19.4 Å². The average molecular weight is 366 g/mol. The third kappa shape index (κ3) is 4.40. The van der Waals surface area contributed by atoms with Crippen LogP contribution in [0.3, 0.4) is 0 Å². The van der Waals surface area contributed by atoms with Crippen LogP contribution in [0.5, 0.6) is 0 Å². The van der Waals surface area contributed by atoms with E-state index in [1.54, 1.807) is 13.4 Å². The Bertz CT molecular complexity index is 836. The Balaban J connectivity index is 1.29. The molecule has 3 heterocycles. The minimum Gasteiger partial charge on any atom is -0.464 e. The van der Waals surface area contributed by atoms with Gasteiger partial charge in [-0.3, -0.25) is 5.10 Å². The molecule has 142 valence electrons. The second kappa shape index (κ2) is 8.41. The summed E-state index contributed by atoms with van der Waals surface area (Å²) in [7, 11) is 1.69. The minimum atomic E-state index is 0.525. The number of furan rings is 1. The Hall–Kier alpha value is -2.57.